The maximum Gasteiger partial charge on any atom is 0.254 e. The largest absolute Gasteiger partial charge is 0.360 e. The second-order valence-corrected chi connectivity index (χ2v) is 6.49. The first-order valence-corrected chi connectivity index (χ1v) is 8.44. The van der Waals surface area contributed by atoms with Crippen LogP contribution in [-0.4, -0.2) is 28.9 Å². The van der Waals surface area contributed by atoms with Gasteiger partial charge in [0.05, 0.1) is 0 Å². The number of hydrogen-bond donors (Lipinski definition) is 1. The summed E-state index contributed by atoms with van der Waals surface area (Å²) in [6.45, 7) is 3.29. The highest BCUT2D eigenvalue weighted by atomic mass is 19.1. The number of amides is 1. The van der Waals surface area contributed by atoms with Gasteiger partial charge in [-0.05, 0) is 49.2 Å². The lowest BCUT2D eigenvalue weighted by molar-refractivity contribution is 0.0773. The molecule has 1 amide bonds. The van der Waals surface area contributed by atoms with Crippen LogP contribution >= 0.6 is 0 Å². The van der Waals surface area contributed by atoms with Gasteiger partial charge in [-0.25, -0.2) is 4.39 Å². The van der Waals surface area contributed by atoms with Gasteiger partial charge in [0.2, 0.25) is 0 Å². The van der Waals surface area contributed by atoms with Crippen molar-refractivity contribution in [1.29, 1.82) is 0 Å². The molecule has 0 fully saturated rings. The van der Waals surface area contributed by atoms with E-state index in [2.05, 4.69) is 11.1 Å². The van der Waals surface area contributed by atoms with Crippen molar-refractivity contribution in [3.05, 3.63) is 77.2 Å². The fourth-order valence-corrected chi connectivity index (χ4v) is 3.34. The van der Waals surface area contributed by atoms with E-state index in [0.717, 1.165) is 34.0 Å². The number of nitrogens with zero attached hydrogens (tertiary/aromatic N) is 1. The Morgan fingerprint density at radius 1 is 1.16 bits per heavy atom. The van der Waals surface area contributed by atoms with Crippen LogP contribution in [0, 0.1) is 12.7 Å². The molecule has 4 rings (SSSR count). The third-order valence-corrected chi connectivity index (χ3v) is 4.78. The Morgan fingerprint density at radius 3 is 2.68 bits per heavy atom. The lowest BCUT2D eigenvalue weighted by atomic mass is 9.98. The minimum absolute atomic E-state index is 0.0660. The van der Waals surface area contributed by atoms with Gasteiger partial charge in [0.15, 0.2) is 0 Å². The molecule has 4 heteroatoms. The van der Waals surface area contributed by atoms with Gasteiger partial charge in [-0.1, -0.05) is 23.8 Å². The Bertz CT molecular complexity index is 969. The number of halogens is 1. The van der Waals surface area contributed by atoms with Gasteiger partial charge in [-0.15, -0.1) is 0 Å². The van der Waals surface area contributed by atoms with E-state index < -0.39 is 0 Å². The number of aromatic amines is 1. The number of carbonyl (C=O) groups excluding carboxylic acids is 1. The number of fused-ring (bicyclic) bond motifs is 1. The molecule has 0 unspecified atom stereocenters. The topological polar surface area (TPSA) is 36.1 Å². The van der Waals surface area contributed by atoms with Crippen molar-refractivity contribution in [3.63, 3.8) is 0 Å². The maximum atomic E-state index is 13.3. The predicted octanol–water partition coefficient (Wildman–Crippen LogP) is 4.54. The molecule has 126 valence electrons. The quantitative estimate of drug-likeness (QED) is 0.733. The molecule has 1 aliphatic rings. The van der Waals surface area contributed by atoms with Crippen LogP contribution in [0.15, 0.2) is 54.7 Å². The Hall–Kier alpha value is -2.88. The summed E-state index contributed by atoms with van der Waals surface area (Å²) in [7, 11) is 0. The summed E-state index contributed by atoms with van der Waals surface area (Å²) in [6.07, 6.45) is 4.82. The highest BCUT2D eigenvalue weighted by Crippen LogP contribution is 2.30. The number of aromatic nitrogens is 1. The monoisotopic (exact) mass is 334 g/mol. The second kappa shape index (κ2) is 6.20. The van der Waals surface area contributed by atoms with Crippen molar-refractivity contribution in [2.24, 2.45) is 0 Å². The first kappa shape index (κ1) is 15.6. The molecule has 2 heterocycles. The van der Waals surface area contributed by atoms with Gasteiger partial charge in [0, 0.05) is 41.3 Å². The summed E-state index contributed by atoms with van der Waals surface area (Å²) in [5.41, 5.74) is 4.97. The van der Waals surface area contributed by atoms with Crippen molar-refractivity contribution in [3.8, 4) is 0 Å². The van der Waals surface area contributed by atoms with E-state index in [1.165, 1.54) is 17.7 Å². The molecule has 0 aliphatic carbocycles. The minimum atomic E-state index is -0.242. The minimum Gasteiger partial charge on any atom is -0.360 e. The van der Waals surface area contributed by atoms with Crippen LogP contribution in [0.5, 0.6) is 0 Å². The first-order valence-electron chi connectivity index (χ1n) is 8.44. The summed E-state index contributed by atoms with van der Waals surface area (Å²) in [6, 6.07) is 12.5. The van der Waals surface area contributed by atoms with Crippen molar-refractivity contribution >= 4 is 22.4 Å². The van der Waals surface area contributed by atoms with E-state index >= 15 is 0 Å². The molecule has 0 spiro atoms. The predicted molar refractivity (Wildman–Crippen MR) is 97.9 cm³/mol. The van der Waals surface area contributed by atoms with E-state index in [1.54, 1.807) is 6.07 Å². The third kappa shape index (κ3) is 2.95. The molecule has 25 heavy (non-hydrogen) atoms. The molecule has 0 radical (unpaired) electrons. The zero-order valence-corrected chi connectivity index (χ0v) is 14.1. The van der Waals surface area contributed by atoms with E-state index in [1.807, 2.05) is 42.3 Å². The highest BCUT2D eigenvalue weighted by Gasteiger charge is 2.20. The van der Waals surface area contributed by atoms with Crippen LogP contribution in [0.2, 0.25) is 0 Å². The number of rotatable bonds is 2. The molecular weight excluding hydrogens is 315 g/mol. The van der Waals surface area contributed by atoms with Gasteiger partial charge in [-0.3, -0.25) is 4.79 Å². The van der Waals surface area contributed by atoms with E-state index in [9.17, 15) is 9.18 Å². The molecule has 1 aromatic heterocycles. The zero-order valence-electron chi connectivity index (χ0n) is 14.1. The Labute approximate surface area is 145 Å². The molecule has 3 aromatic rings. The smallest absolute Gasteiger partial charge is 0.254 e. The molecule has 1 N–H and O–H groups in total. The van der Waals surface area contributed by atoms with Crippen molar-refractivity contribution < 1.29 is 9.18 Å². The molecule has 2 aromatic carbocycles. The van der Waals surface area contributed by atoms with Crippen LogP contribution in [0.1, 0.15) is 27.9 Å². The lowest BCUT2D eigenvalue weighted by Crippen LogP contribution is -2.34. The number of nitrogens with one attached hydrogen (secondary N) is 1. The summed E-state index contributed by atoms with van der Waals surface area (Å²) < 4.78 is 13.3. The fourth-order valence-electron chi connectivity index (χ4n) is 3.34. The zero-order chi connectivity index (χ0) is 17.4. The average molecular weight is 334 g/mol. The van der Waals surface area contributed by atoms with Crippen molar-refractivity contribution in [2.45, 2.75) is 13.3 Å². The molecule has 3 nitrogen and oxygen atoms in total. The van der Waals surface area contributed by atoms with Gasteiger partial charge in [-0.2, -0.15) is 0 Å². The summed E-state index contributed by atoms with van der Waals surface area (Å²) in [5, 5.41) is 1.02. The summed E-state index contributed by atoms with van der Waals surface area (Å²) in [4.78, 5) is 17.6. The second-order valence-electron chi connectivity index (χ2n) is 6.49. The van der Waals surface area contributed by atoms with E-state index in [-0.39, 0.29) is 11.7 Å². The van der Waals surface area contributed by atoms with Gasteiger partial charge < -0.3 is 9.88 Å². The fraction of sp³-hybridized carbons (Fsp3) is 0.190. The number of H-pyrrole nitrogens is 1. The van der Waals surface area contributed by atoms with Gasteiger partial charge in [0.25, 0.3) is 5.91 Å². The third-order valence-electron chi connectivity index (χ3n) is 4.78. The van der Waals surface area contributed by atoms with E-state index in [0.29, 0.717) is 13.1 Å². The van der Waals surface area contributed by atoms with Crippen LogP contribution in [0.3, 0.4) is 0 Å². The van der Waals surface area contributed by atoms with Gasteiger partial charge in [0.1, 0.15) is 5.82 Å². The maximum absolute atomic E-state index is 13.3. The normalized spacial score (nSPS) is 14.6. The Kier molecular flexibility index (Phi) is 3.88. The Balaban J connectivity index is 1.55. The van der Waals surface area contributed by atoms with Gasteiger partial charge >= 0.3 is 0 Å². The molecule has 0 bridgehead atoms. The highest BCUT2D eigenvalue weighted by molar-refractivity contribution is 5.96. The number of aryl methyl sites for hydroxylation is 1. The number of hydrogen-bond acceptors (Lipinski definition) is 1. The summed E-state index contributed by atoms with van der Waals surface area (Å²) >= 11 is 0. The van der Waals surface area contributed by atoms with Crippen LogP contribution in [0.25, 0.3) is 16.5 Å². The number of benzene rings is 2. The molecule has 0 saturated heterocycles. The van der Waals surface area contributed by atoms with Crippen LogP contribution in [0.4, 0.5) is 4.39 Å². The average Bonchev–Trinajstić information content (AvgIpc) is 3.05. The summed E-state index contributed by atoms with van der Waals surface area (Å²) in [5.74, 6) is -0.176. The Morgan fingerprint density at radius 2 is 1.96 bits per heavy atom. The number of carbonyl (C=O) groups is 1. The van der Waals surface area contributed by atoms with Crippen molar-refractivity contribution in [1.82, 2.24) is 9.88 Å². The van der Waals surface area contributed by atoms with Crippen molar-refractivity contribution in [2.75, 3.05) is 13.1 Å². The van der Waals surface area contributed by atoms with E-state index in [4.69, 9.17) is 0 Å². The molecular formula is C21H19FN2O. The lowest BCUT2D eigenvalue weighted by Gasteiger charge is -2.26. The van der Waals surface area contributed by atoms with Crippen LogP contribution < -0.4 is 0 Å². The standard InChI is InChI=1S/C21H19FN2O/c1-14-2-4-16(5-3-14)21(25)24-10-8-15(9-11-24)19-13-23-20-12-17(22)6-7-18(19)20/h2-8,12-13,23H,9-11H2,1H3. The molecule has 0 saturated carbocycles. The molecule has 0 atom stereocenters. The SMILES string of the molecule is Cc1ccc(C(=O)N2CC=C(c3c[nH]c4cc(F)ccc34)CC2)cc1. The first-order chi connectivity index (χ1) is 12.1. The van der Waals surface area contributed by atoms with Crippen LogP contribution in [-0.2, 0) is 0 Å². The molecule has 1 aliphatic heterocycles.